The SMILES string of the molecule is Cc1[c-][nH]cc1C.[C-]1=CC=CC1.[Cl-].[Cl-].[Zr+4]. The quantitative estimate of drug-likeness (QED) is 0.483. The van der Waals surface area contributed by atoms with Crippen LogP contribution in [0, 0.1) is 26.1 Å². The zero-order chi connectivity index (χ0) is 8.81. The number of hydrogen-bond acceptors (Lipinski definition) is 0. The minimum absolute atomic E-state index is 0. The minimum Gasteiger partial charge on any atom is -1.00 e. The first kappa shape index (κ1) is 20.6. The van der Waals surface area contributed by atoms with Crippen molar-refractivity contribution >= 4 is 0 Å². The third kappa shape index (κ3) is 9.17. The van der Waals surface area contributed by atoms with E-state index in [1.54, 1.807) is 0 Å². The molecule has 1 aromatic heterocycles. The van der Waals surface area contributed by atoms with Gasteiger partial charge >= 0.3 is 26.2 Å². The standard InChI is InChI=1S/C6H8N.C5H5.2ClH.Zr/c1-5-3-7-4-6(5)2;1-2-4-5-3-1;;;/h3,7H,1-2H3;1-3H,4H2;2*1H;/q2*-1;;;+4/p-2. The Morgan fingerprint density at radius 2 is 1.93 bits per heavy atom. The number of hydrogen-bond donors (Lipinski definition) is 1. The van der Waals surface area contributed by atoms with Gasteiger partial charge in [0.25, 0.3) is 0 Å². The molecule has 0 amide bonds. The van der Waals surface area contributed by atoms with Gasteiger partial charge in [-0.25, -0.2) is 12.2 Å². The summed E-state index contributed by atoms with van der Waals surface area (Å²) in [5, 5.41) is 0. The molecule has 2 rings (SSSR count). The van der Waals surface area contributed by atoms with E-state index in [0.29, 0.717) is 0 Å². The monoisotopic (exact) mass is 319 g/mol. The molecule has 0 aliphatic heterocycles. The summed E-state index contributed by atoms with van der Waals surface area (Å²) in [5.74, 6) is 0. The molecule has 0 aromatic carbocycles. The maximum Gasteiger partial charge on any atom is 4.00 e. The summed E-state index contributed by atoms with van der Waals surface area (Å²) in [4.78, 5) is 2.87. The predicted molar refractivity (Wildman–Crippen MR) is 50.7 cm³/mol. The van der Waals surface area contributed by atoms with Crippen LogP contribution in [0.5, 0.6) is 0 Å². The molecule has 0 saturated heterocycles. The first-order valence-corrected chi connectivity index (χ1v) is 4.04. The predicted octanol–water partition coefficient (Wildman–Crippen LogP) is -3.26. The molecular formula is C11H13Cl2NZr. The Morgan fingerprint density at radius 3 is 2.07 bits per heavy atom. The van der Waals surface area contributed by atoms with E-state index < -0.39 is 0 Å². The van der Waals surface area contributed by atoms with E-state index in [2.05, 4.69) is 30.3 Å². The van der Waals surface area contributed by atoms with Gasteiger partial charge in [0.2, 0.25) is 0 Å². The first-order chi connectivity index (χ1) is 5.80. The molecule has 0 fully saturated rings. The van der Waals surface area contributed by atoms with Crippen LogP contribution >= 0.6 is 0 Å². The fraction of sp³-hybridized carbons (Fsp3) is 0.273. The van der Waals surface area contributed by atoms with Gasteiger partial charge in [-0.2, -0.15) is 17.2 Å². The second-order valence-corrected chi connectivity index (χ2v) is 2.72. The van der Waals surface area contributed by atoms with Crippen LogP contribution < -0.4 is 24.8 Å². The molecule has 0 unspecified atom stereocenters. The van der Waals surface area contributed by atoms with Crippen molar-refractivity contribution in [2.75, 3.05) is 0 Å². The molecule has 1 aromatic rings. The van der Waals surface area contributed by atoms with Crippen LogP contribution in [0.1, 0.15) is 17.5 Å². The smallest absolute Gasteiger partial charge is 1.00 e. The van der Waals surface area contributed by atoms with Crippen molar-refractivity contribution in [2.45, 2.75) is 20.3 Å². The number of aromatic nitrogens is 1. The van der Waals surface area contributed by atoms with Crippen molar-refractivity contribution in [3.63, 3.8) is 0 Å². The number of H-pyrrole nitrogens is 1. The van der Waals surface area contributed by atoms with Crippen LogP contribution in [0.2, 0.25) is 0 Å². The number of halogens is 2. The molecule has 0 radical (unpaired) electrons. The number of rotatable bonds is 0. The summed E-state index contributed by atoms with van der Waals surface area (Å²) in [6.45, 7) is 4.09. The minimum atomic E-state index is 0. The van der Waals surface area contributed by atoms with E-state index in [1.165, 1.54) is 11.1 Å². The zero-order valence-corrected chi connectivity index (χ0v) is 12.7. The Kier molecular flexibility index (Phi) is 16.9. The summed E-state index contributed by atoms with van der Waals surface area (Å²) in [6.07, 6.45) is 14.9. The third-order valence-electron chi connectivity index (χ3n) is 1.73. The molecule has 1 nitrogen and oxygen atoms in total. The molecule has 1 aliphatic carbocycles. The fourth-order valence-electron chi connectivity index (χ4n) is 0.800. The summed E-state index contributed by atoms with van der Waals surface area (Å²) in [6, 6.07) is 0. The maximum atomic E-state index is 2.99. The van der Waals surface area contributed by atoms with Crippen LogP contribution in [0.3, 0.4) is 0 Å². The Labute approximate surface area is 123 Å². The molecular weight excluding hydrogens is 308 g/mol. The molecule has 1 N–H and O–H groups in total. The third-order valence-corrected chi connectivity index (χ3v) is 1.73. The first-order valence-electron chi connectivity index (χ1n) is 4.04. The van der Waals surface area contributed by atoms with E-state index >= 15 is 0 Å². The molecule has 0 saturated carbocycles. The van der Waals surface area contributed by atoms with Crippen LogP contribution in [0.25, 0.3) is 0 Å². The maximum absolute atomic E-state index is 2.99. The second-order valence-electron chi connectivity index (χ2n) is 2.72. The van der Waals surface area contributed by atoms with Gasteiger partial charge < -0.3 is 29.8 Å². The van der Waals surface area contributed by atoms with E-state index in [9.17, 15) is 0 Å². The van der Waals surface area contributed by atoms with Gasteiger partial charge in [-0.3, -0.25) is 6.08 Å². The van der Waals surface area contributed by atoms with Gasteiger partial charge in [0, 0.05) is 0 Å². The van der Waals surface area contributed by atoms with Crippen molar-refractivity contribution in [1.82, 2.24) is 4.98 Å². The van der Waals surface area contributed by atoms with E-state index in [-0.39, 0.29) is 51.0 Å². The molecule has 0 bridgehead atoms. The number of aryl methyl sites for hydroxylation is 2. The second kappa shape index (κ2) is 12.3. The van der Waals surface area contributed by atoms with Crippen LogP contribution in [-0.2, 0) is 26.2 Å². The molecule has 0 atom stereocenters. The average Bonchev–Trinajstić information content (AvgIpc) is 2.67. The van der Waals surface area contributed by atoms with Crippen molar-refractivity contribution in [2.24, 2.45) is 0 Å². The topological polar surface area (TPSA) is 15.8 Å². The summed E-state index contributed by atoms with van der Waals surface area (Å²) in [7, 11) is 0. The van der Waals surface area contributed by atoms with Crippen molar-refractivity contribution in [3.05, 3.63) is 47.8 Å². The van der Waals surface area contributed by atoms with E-state index in [0.717, 1.165) is 6.42 Å². The molecule has 1 heterocycles. The van der Waals surface area contributed by atoms with Crippen LogP contribution in [0.4, 0.5) is 0 Å². The van der Waals surface area contributed by atoms with Gasteiger partial charge in [-0.15, -0.1) is 18.8 Å². The Morgan fingerprint density at radius 1 is 1.27 bits per heavy atom. The van der Waals surface area contributed by atoms with Gasteiger partial charge in [-0.05, 0) is 0 Å². The summed E-state index contributed by atoms with van der Waals surface area (Å²) < 4.78 is 0. The fourth-order valence-corrected chi connectivity index (χ4v) is 0.800. The number of aromatic amines is 1. The van der Waals surface area contributed by atoms with Crippen molar-refractivity contribution in [3.8, 4) is 0 Å². The number of nitrogens with one attached hydrogen (secondary N) is 1. The molecule has 15 heavy (non-hydrogen) atoms. The van der Waals surface area contributed by atoms with Gasteiger partial charge in [0.05, 0.1) is 0 Å². The molecule has 80 valence electrons. The van der Waals surface area contributed by atoms with Gasteiger partial charge in [0.1, 0.15) is 0 Å². The number of allylic oxidation sites excluding steroid dienone is 4. The largest absolute Gasteiger partial charge is 4.00 e. The van der Waals surface area contributed by atoms with Gasteiger partial charge in [-0.1, -0.05) is 13.8 Å². The zero-order valence-electron chi connectivity index (χ0n) is 8.77. The normalized spacial score (nSPS) is 10.3. The Balaban J connectivity index is -0.000000165. The van der Waals surface area contributed by atoms with Gasteiger partial charge in [0.15, 0.2) is 0 Å². The van der Waals surface area contributed by atoms with Crippen molar-refractivity contribution in [1.29, 1.82) is 0 Å². The van der Waals surface area contributed by atoms with Crippen molar-refractivity contribution < 1.29 is 51.0 Å². The van der Waals surface area contributed by atoms with E-state index in [1.807, 2.05) is 25.3 Å². The molecule has 0 spiro atoms. The molecule has 4 heteroatoms. The molecule has 1 aliphatic rings. The van der Waals surface area contributed by atoms with Crippen LogP contribution in [0.15, 0.2) is 24.4 Å². The summed E-state index contributed by atoms with van der Waals surface area (Å²) in [5.41, 5.74) is 2.49. The van der Waals surface area contributed by atoms with Crippen LogP contribution in [-0.4, -0.2) is 4.98 Å². The summed E-state index contributed by atoms with van der Waals surface area (Å²) >= 11 is 0. The Hall–Kier alpha value is 0.223. The van der Waals surface area contributed by atoms with E-state index in [4.69, 9.17) is 0 Å². The Bertz CT molecular complexity index is 266. The average molecular weight is 321 g/mol.